The van der Waals surface area contributed by atoms with E-state index < -0.39 is 0 Å². The molecule has 0 spiro atoms. The molecule has 0 aromatic heterocycles. The fraction of sp³-hybridized carbons (Fsp3) is 0.222. The Bertz CT molecular complexity index is 1190. The number of hydrogen-bond acceptors (Lipinski definition) is 5. The summed E-state index contributed by atoms with van der Waals surface area (Å²) in [5.41, 5.74) is 3.01. The van der Waals surface area contributed by atoms with Crippen LogP contribution in [0.2, 0.25) is 0 Å². The molecule has 180 valence electrons. The maximum absolute atomic E-state index is 12.9. The van der Waals surface area contributed by atoms with E-state index in [9.17, 15) is 14.4 Å². The number of nitrogens with zero attached hydrogens (tertiary/aromatic N) is 2. The lowest BCUT2D eigenvalue weighted by molar-refractivity contribution is -0.114. The number of para-hydroxylation sites is 1. The Morgan fingerprint density at radius 3 is 2.26 bits per heavy atom. The zero-order valence-electron chi connectivity index (χ0n) is 19.6. The van der Waals surface area contributed by atoms with E-state index in [2.05, 4.69) is 10.6 Å². The maximum atomic E-state index is 12.9. The van der Waals surface area contributed by atoms with Gasteiger partial charge >= 0.3 is 0 Å². The molecule has 2 N–H and O–H groups in total. The van der Waals surface area contributed by atoms with Gasteiger partial charge in [0.15, 0.2) is 0 Å². The molecule has 0 radical (unpaired) electrons. The Kier molecular flexibility index (Phi) is 7.74. The molecule has 35 heavy (non-hydrogen) atoms. The average Bonchev–Trinajstić information content (AvgIpc) is 2.92. The molecule has 0 unspecified atom stereocenters. The highest BCUT2D eigenvalue weighted by Crippen LogP contribution is 2.18. The highest BCUT2D eigenvalue weighted by atomic mass is 16.5. The molecule has 1 aliphatic rings. The van der Waals surface area contributed by atoms with Crippen molar-refractivity contribution in [3.63, 3.8) is 0 Å². The van der Waals surface area contributed by atoms with Crippen LogP contribution in [0.25, 0.3) is 0 Å². The van der Waals surface area contributed by atoms with Gasteiger partial charge in [-0.3, -0.25) is 14.4 Å². The van der Waals surface area contributed by atoms with Gasteiger partial charge in [-0.15, -0.1) is 0 Å². The SMILES string of the molecule is CN(C(=O)c1cccc(NC(=O)CNc2cccc(C(=O)N3CCOCC3)c2)c1)c1ccccc1. The van der Waals surface area contributed by atoms with Crippen molar-refractivity contribution in [1.82, 2.24) is 4.90 Å². The molecular weight excluding hydrogens is 444 g/mol. The molecule has 0 atom stereocenters. The number of rotatable bonds is 7. The molecule has 1 fully saturated rings. The first-order valence-electron chi connectivity index (χ1n) is 11.5. The van der Waals surface area contributed by atoms with E-state index in [4.69, 9.17) is 4.74 Å². The van der Waals surface area contributed by atoms with Crippen molar-refractivity contribution >= 4 is 34.8 Å². The topological polar surface area (TPSA) is 91.0 Å². The van der Waals surface area contributed by atoms with Crippen molar-refractivity contribution in [2.75, 3.05) is 55.4 Å². The molecule has 0 aliphatic carbocycles. The number of nitrogens with one attached hydrogen (secondary N) is 2. The maximum Gasteiger partial charge on any atom is 0.258 e. The Morgan fingerprint density at radius 2 is 1.51 bits per heavy atom. The molecule has 0 saturated carbocycles. The van der Waals surface area contributed by atoms with Crippen LogP contribution in [-0.4, -0.2) is 62.5 Å². The summed E-state index contributed by atoms with van der Waals surface area (Å²) in [5.74, 6) is -0.494. The van der Waals surface area contributed by atoms with E-state index in [-0.39, 0.29) is 24.3 Å². The lowest BCUT2D eigenvalue weighted by Crippen LogP contribution is -2.40. The summed E-state index contributed by atoms with van der Waals surface area (Å²) in [7, 11) is 1.71. The highest BCUT2D eigenvalue weighted by molar-refractivity contribution is 6.06. The summed E-state index contributed by atoms with van der Waals surface area (Å²) < 4.78 is 5.30. The fourth-order valence-electron chi connectivity index (χ4n) is 3.79. The minimum absolute atomic E-state index is 0.0112. The fourth-order valence-corrected chi connectivity index (χ4v) is 3.79. The third-order valence-corrected chi connectivity index (χ3v) is 5.70. The molecular formula is C27H28N4O4. The molecule has 3 aromatic carbocycles. The van der Waals surface area contributed by atoms with Crippen molar-refractivity contribution < 1.29 is 19.1 Å². The van der Waals surface area contributed by atoms with E-state index in [1.54, 1.807) is 59.3 Å². The summed E-state index contributed by atoms with van der Waals surface area (Å²) in [6, 6.07) is 23.3. The third-order valence-electron chi connectivity index (χ3n) is 5.70. The van der Waals surface area contributed by atoms with Gasteiger partial charge in [-0.2, -0.15) is 0 Å². The van der Waals surface area contributed by atoms with Crippen LogP contribution in [0.4, 0.5) is 17.1 Å². The molecule has 3 aromatic rings. The van der Waals surface area contributed by atoms with Gasteiger partial charge in [0.25, 0.3) is 11.8 Å². The first-order chi connectivity index (χ1) is 17.0. The molecule has 8 heteroatoms. The van der Waals surface area contributed by atoms with E-state index in [0.717, 1.165) is 5.69 Å². The first-order valence-corrected chi connectivity index (χ1v) is 11.5. The Labute approximate surface area is 204 Å². The van der Waals surface area contributed by atoms with Gasteiger partial charge in [0.05, 0.1) is 19.8 Å². The quantitative estimate of drug-likeness (QED) is 0.549. The second-order valence-corrected chi connectivity index (χ2v) is 8.17. The number of benzene rings is 3. The predicted molar refractivity (Wildman–Crippen MR) is 136 cm³/mol. The smallest absolute Gasteiger partial charge is 0.258 e. The van der Waals surface area contributed by atoms with E-state index in [1.165, 1.54) is 0 Å². The predicted octanol–water partition coefficient (Wildman–Crippen LogP) is 3.49. The minimum Gasteiger partial charge on any atom is -0.378 e. The number of amides is 3. The Morgan fingerprint density at radius 1 is 0.857 bits per heavy atom. The monoisotopic (exact) mass is 472 g/mol. The Hall–Kier alpha value is -4.17. The van der Waals surface area contributed by atoms with Gasteiger partial charge < -0.3 is 25.2 Å². The van der Waals surface area contributed by atoms with Gasteiger partial charge in [0.2, 0.25) is 5.91 Å². The molecule has 8 nitrogen and oxygen atoms in total. The first kappa shape index (κ1) is 24.0. The zero-order valence-corrected chi connectivity index (χ0v) is 19.6. The highest BCUT2D eigenvalue weighted by Gasteiger charge is 2.19. The van der Waals surface area contributed by atoms with Crippen molar-refractivity contribution in [3.8, 4) is 0 Å². The second-order valence-electron chi connectivity index (χ2n) is 8.17. The standard InChI is InChI=1S/C27H28N4O4/c1-30(24-11-3-2-4-12-24)26(33)20-7-6-10-23(18-20)29-25(32)19-28-22-9-5-8-21(17-22)27(34)31-13-15-35-16-14-31/h2-12,17-18,28H,13-16,19H2,1H3,(H,29,32). The molecule has 1 aliphatic heterocycles. The molecule has 4 rings (SSSR count). The molecule has 0 bridgehead atoms. The largest absolute Gasteiger partial charge is 0.378 e. The van der Waals surface area contributed by atoms with E-state index in [1.807, 2.05) is 36.4 Å². The average molecular weight is 473 g/mol. The van der Waals surface area contributed by atoms with Crippen molar-refractivity contribution in [2.24, 2.45) is 0 Å². The van der Waals surface area contributed by atoms with Crippen LogP contribution in [0, 0.1) is 0 Å². The van der Waals surface area contributed by atoms with Crippen LogP contribution in [0.5, 0.6) is 0 Å². The number of hydrogen-bond donors (Lipinski definition) is 2. The van der Waals surface area contributed by atoms with Gasteiger partial charge in [0.1, 0.15) is 0 Å². The molecule has 3 amide bonds. The molecule has 1 heterocycles. The van der Waals surface area contributed by atoms with Gasteiger partial charge in [-0.1, -0.05) is 30.3 Å². The van der Waals surface area contributed by atoms with Crippen LogP contribution >= 0.6 is 0 Å². The number of ether oxygens (including phenoxy) is 1. The lowest BCUT2D eigenvalue weighted by atomic mass is 10.1. The summed E-state index contributed by atoms with van der Waals surface area (Å²) >= 11 is 0. The van der Waals surface area contributed by atoms with Crippen LogP contribution in [0.15, 0.2) is 78.9 Å². The number of anilines is 3. The summed E-state index contributed by atoms with van der Waals surface area (Å²) in [6.07, 6.45) is 0. The van der Waals surface area contributed by atoms with Crippen molar-refractivity contribution in [3.05, 3.63) is 90.0 Å². The summed E-state index contributed by atoms with van der Waals surface area (Å²) in [4.78, 5) is 41.4. The van der Waals surface area contributed by atoms with E-state index in [0.29, 0.717) is 48.8 Å². The molecule has 1 saturated heterocycles. The van der Waals surface area contributed by atoms with Crippen LogP contribution in [0.1, 0.15) is 20.7 Å². The van der Waals surface area contributed by atoms with Gasteiger partial charge in [-0.25, -0.2) is 0 Å². The van der Waals surface area contributed by atoms with Gasteiger partial charge in [-0.05, 0) is 48.5 Å². The number of carbonyl (C=O) groups excluding carboxylic acids is 3. The second kappa shape index (κ2) is 11.3. The Balaban J connectivity index is 1.34. The summed E-state index contributed by atoms with van der Waals surface area (Å²) in [5, 5.41) is 5.87. The van der Waals surface area contributed by atoms with Crippen LogP contribution in [-0.2, 0) is 9.53 Å². The van der Waals surface area contributed by atoms with Crippen LogP contribution in [0.3, 0.4) is 0 Å². The lowest BCUT2D eigenvalue weighted by Gasteiger charge is -2.27. The number of carbonyl (C=O) groups is 3. The normalized spacial score (nSPS) is 13.1. The third kappa shape index (κ3) is 6.24. The van der Waals surface area contributed by atoms with Crippen LogP contribution < -0.4 is 15.5 Å². The zero-order chi connectivity index (χ0) is 24.6. The van der Waals surface area contributed by atoms with Crippen molar-refractivity contribution in [2.45, 2.75) is 0 Å². The number of morpholine rings is 1. The minimum atomic E-state index is -0.268. The van der Waals surface area contributed by atoms with E-state index >= 15 is 0 Å². The van der Waals surface area contributed by atoms with Crippen molar-refractivity contribution in [1.29, 1.82) is 0 Å². The van der Waals surface area contributed by atoms with Gasteiger partial charge in [0, 0.05) is 48.3 Å². The summed E-state index contributed by atoms with van der Waals surface area (Å²) in [6.45, 7) is 2.23.